The van der Waals surface area contributed by atoms with Crippen LogP contribution in [0.15, 0.2) is 24.3 Å². The first kappa shape index (κ1) is 22.6. The zero-order valence-electron chi connectivity index (χ0n) is 16.6. The largest absolute Gasteiger partial charge is 0.416 e. The van der Waals surface area contributed by atoms with Crippen molar-refractivity contribution in [3.63, 3.8) is 0 Å². The van der Waals surface area contributed by atoms with E-state index in [0.717, 1.165) is 38.1 Å². The number of aliphatic hydroxyl groups is 1. The molecule has 0 saturated carbocycles. The van der Waals surface area contributed by atoms with Gasteiger partial charge in [0.1, 0.15) is 6.10 Å². The van der Waals surface area contributed by atoms with E-state index < -0.39 is 29.8 Å². The predicted octanol–water partition coefficient (Wildman–Crippen LogP) is 3.09. The Labute approximate surface area is 164 Å². The van der Waals surface area contributed by atoms with Crippen molar-refractivity contribution in [2.75, 3.05) is 33.4 Å². The molecule has 0 bridgehead atoms. The van der Waals surface area contributed by atoms with E-state index in [1.54, 1.807) is 19.9 Å². The number of hydrogen-bond acceptors (Lipinski definition) is 4. The number of halogens is 3. The minimum absolute atomic E-state index is 0.177. The third-order valence-electron chi connectivity index (χ3n) is 5.41. The van der Waals surface area contributed by atoms with Crippen molar-refractivity contribution in [1.29, 1.82) is 0 Å². The molecule has 0 aromatic heterocycles. The maximum Gasteiger partial charge on any atom is 0.416 e. The first-order chi connectivity index (χ1) is 13.2. The van der Waals surface area contributed by atoms with Crippen molar-refractivity contribution in [3.05, 3.63) is 35.4 Å². The third kappa shape index (κ3) is 5.46. The van der Waals surface area contributed by atoms with Gasteiger partial charge in [0.25, 0.3) is 5.91 Å². The van der Waals surface area contributed by atoms with Crippen LogP contribution in [0.1, 0.15) is 43.9 Å². The summed E-state index contributed by atoms with van der Waals surface area (Å²) in [4.78, 5) is 16.5. The van der Waals surface area contributed by atoms with Gasteiger partial charge in [-0.2, -0.15) is 13.2 Å². The van der Waals surface area contributed by atoms with Crippen LogP contribution < -0.4 is 0 Å². The summed E-state index contributed by atoms with van der Waals surface area (Å²) in [5, 5.41) is 10.6. The van der Waals surface area contributed by atoms with Gasteiger partial charge in [-0.1, -0.05) is 12.1 Å². The molecule has 0 spiro atoms. The molecule has 2 rings (SSSR count). The molecule has 1 heterocycles. The second-order valence-corrected chi connectivity index (χ2v) is 7.25. The van der Waals surface area contributed by atoms with E-state index in [4.69, 9.17) is 4.74 Å². The second kappa shape index (κ2) is 9.71. The highest BCUT2D eigenvalue weighted by Gasteiger charge is 2.35. The minimum Gasteiger partial charge on any atom is -0.383 e. The second-order valence-electron chi connectivity index (χ2n) is 7.25. The van der Waals surface area contributed by atoms with Gasteiger partial charge in [0.15, 0.2) is 0 Å². The van der Waals surface area contributed by atoms with Gasteiger partial charge in [-0.05, 0) is 57.5 Å². The topological polar surface area (TPSA) is 53.0 Å². The number of methoxy groups -OCH3 is 1. The quantitative estimate of drug-likeness (QED) is 0.726. The highest BCUT2D eigenvalue weighted by Crippen LogP contribution is 2.32. The lowest BCUT2D eigenvalue weighted by atomic mass is 10.0. The summed E-state index contributed by atoms with van der Waals surface area (Å²) in [5.74, 6) is -0.499. The number of carbonyl (C=O) groups is 1. The van der Waals surface area contributed by atoms with Crippen molar-refractivity contribution in [3.8, 4) is 0 Å². The Morgan fingerprint density at radius 1 is 1.29 bits per heavy atom. The highest BCUT2D eigenvalue weighted by molar-refractivity contribution is 5.82. The van der Waals surface area contributed by atoms with E-state index in [2.05, 4.69) is 4.90 Å². The molecule has 1 aromatic carbocycles. The number of ether oxygens (including phenoxy) is 1. The van der Waals surface area contributed by atoms with E-state index in [0.29, 0.717) is 5.56 Å². The highest BCUT2D eigenvalue weighted by atomic mass is 19.4. The van der Waals surface area contributed by atoms with Crippen molar-refractivity contribution in [2.45, 2.75) is 51.1 Å². The van der Waals surface area contributed by atoms with Crippen molar-refractivity contribution in [1.82, 2.24) is 9.80 Å². The molecule has 158 valence electrons. The van der Waals surface area contributed by atoms with Crippen molar-refractivity contribution >= 4 is 5.91 Å². The number of likely N-dealkylation sites (tertiary alicyclic amines) is 1. The summed E-state index contributed by atoms with van der Waals surface area (Å²) in [6.45, 7) is 5.52. The Hall–Kier alpha value is -1.64. The molecule has 1 fully saturated rings. The van der Waals surface area contributed by atoms with Gasteiger partial charge >= 0.3 is 6.18 Å². The lowest BCUT2D eigenvalue weighted by Gasteiger charge is -2.35. The molecule has 1 aromatic rings. The van der Waals surface area contributed by atoms with E-state index in [9.17, 15) is 23.1 Å². The summed E-state index contributed by atoms with van der Waals surface area (Å²) < 4.78 is 44.2. The van der Waals surface area contributed by atoms with Crippen LogP contribution in [0.4, 0.5) is 13.2 Å². The number of benzene rings is 1. The monoisotopic (exact) mass is 402 g/mol. The van der Waals surface area contributed by atoms with E-state index in [1.807, 2.05) is 0 Å². The van der Waals surface area contributed by atoms with Crippen molar-refractivity contribution in [2.24, 2.45) is 0 Å². The van der Waals surface area contributed by atoms with Gasteiger partial charge in [-0.3, -0.25) is 9.69 Å². The zero-order chi connectivity index (χ0) is 20.9. The van der Waals surface area contributed by atoms with Crippen LogP contribution in [0.3, 0.4) is 0 Å². The number of aliphatic hydroxyl groups excluding tert-OH is 1. The molecule has 1 N–H and O–H groups in total. The summed E-state index contributed by atoms with van der Waals surface area (Å²) >= 11 is 0. The maximum atomic E-state index is 13.1. The number of carbonyl (C=O) groups excluding carboxylic acids is 1. The number of rotatable bonds is 8. The fourth-order valence-electron chi connectivity index (χ4n) is 3.56. The molecule has 8 heteroatoms. The normalized spacial score (nSPS) is 18.7. The van der Waals surface area contributed by atoms with Crippen LogP contribution in [-0.4, -0.2) is 66.3 Å². The van der Waals surface area contributed by atoms with Gasteiger partial charge in [0.2, 0.25) is 0 Å². The predicted molar refractivity (Wildman–Crippen MR) is 99.7 cm³/mol. The van der Waals surface area contributed by atoms with E-state index in [1.165, 1.54) is 18.1 Å². The van der Waals surface area contributed by atoms with Gasteiger partial charge in [-0.15, -0.1) is 0 Å². The molecule has 3 atom stereocenters. The number of hydrogen-bond donors (Lipinski definition) is 1. The molecule has 0 aliphatic carbocycles. The summed E-state index contributed by atoms with van der Waals surface area (Å²) in [6, 6.07) is 3.95. The van der Waals surface area contributed by atoms with Crippen LogP contribution in [0.25, 0.3) is 0 Å². The number of amides is 1. The molecule has 1 amide bonds. The summed E-state index contributed by atoms with van der Waals surface area (Å²) in [6.07, 6.45) is -3.65. The molecule has 1 aliphatic rings. The summed E-state index contributed by atoms with van der Waals surface area (Å²) in [5.41, 5.74) is -0.401. The van der Waals surface area contributed by atoms with Crippen LogP contribution in [0.2, 0.25) is 0 Å². The van der Waals surface area contributed by atoms with Crippen LogP contribution in [-0.2, 0) is 15.7 Å². The van der Waals surface area contributed by atoms with Gasteiger partial charge in [-0.25, -0.2) is 0 Å². The third-order valence-corrected chi connectivity index (χ3v) is 5.41. The standard InChI is InChI=1S/C20H29F3N2O3/c1-14(16-7-6-8-17(13-16)20(21,22)23)25(11-12-28-3)19(27)18(26)15(2)24-9-4-5-10-24/h6-8,13-15,18,26H,4-5,9-12H2,1-3H3/t14?,15-,18+/m1/s1. The fraction of sp³-hybridized carbons (Fsp3) is 0.650. The number of alkyl halides is 3. The Morgan fingerprint density at radius 3 is 2.50 bits per heavy atom. The maximum absolute atomic E-state index is 13.1. The van der Waals surface area contributed by atoms with Gasteiger partial charge in [0.05, 0.1) is 18.2 Å². The first-order valence-corrected chi connectivity index (χ1v) is 9.55. The van der Waals surface area contributed by atoms with Crippen LogP contribution >= 0.6 is 0 Å². The fourth-order valence-corrected chi connectivity index (χ4v) is 3.56. The molecule has 1 saturated heterocycles. The molecule has 5 nitrogen and oxygen atoms in total. The zero-order valence-corrected chi connectivity index (χ0v) is 16.6. The Kier molecular flexibility index (Phi) is 7.86. The summed E-state index contributed by atoms with van der Waals surface area (Å²) in [7, 11) is 1.49. The average molecular weight is 402 g/mol. The Balaban J connectivity index is 2.22. The van der Waals surface area contributed by atoms with Crippen LogP contribution in [0.5, 0.6) is 0 Å². The average Bonchev–Trinajstić information content (AvgIpc) is 3.21. The first-order valence-electron chi connectivity index (χ1n) is 9.55. The molecule has 1 aliphatic heterocycles. The lowest BCUT2D eigenvalue weighted by Crippen LogP contribution is -2.51. The molecular formula is C20H29F3N2O3. The lowest BCUT2D eigenvalue weighted by molar-refractivity contribution is -0.146. The van der Waals surface area contributed by atoms with E-state index in [-0.39, 0.29) is 19.2 Å². The molecule has 0 radical (unpaired) electrons. The molecule has 1 unspecified atom stereocenters. The van der Waals surface area contributed by atoms with Crippen LogP contribution in [0, 0.1) is 0 Å². The molecular weight excluding hydrogens is 373 g/mol. The van der Waals surface area contributed by atoms with E-state index >= 15 is 0 Å². The minimum atomic E-state index is -4.46. The SMILES string of the molecule is COCCN(C(=O)[C@@H](O)[C@@H](C)N1CCCC1)C(C)c1cccc(C(F)(F)F)c1. The van der Waals surface area contributed by atoms with Gasteiger partial charge < -0.3 is 14.7 Å². The Bertz CT molecular complexity index is 648. The van der Waals surface area contributed by atoms with Crippen molar-refractivity contribution < 1.29 is 27.8 Å². The Morgan fingerprint density at radius 2 is 1.93 bits per heavy atom. The molecule has 28 heavy (non-hydrogen) atoms. The smallest absolute Gasteiger partial charge is 0.383 e. The number of nitrogens with zero attached hydrogens (tertiary/aromatic N) is 2. The van der Waals surface area contributed by atoms with Gasteiger partial charge in [0, 0.05) is 19.7 Å².